The molecular weight excluding hydrogens is 320 g/mol. The van der Waals surface area contributed by atoms with Gasteiger partial charge in [-0.2, -0.15) is 0 Å². The zero-order valence-corrected chi connectivity index (χ0v) is 12.9. The summed E-state index contributed by atoms with van der Waals surface area (Å²) in [5.41, 5.74) is -1.17. The Bertz CT molecular complexity index is 685. The van der Waals surface area contributed by atoms with Crippen LogP contribution in [0.15, 0.2) is 17.0 Å². The first-order chi connectivity index (χ1) is 9.65. The van der Waals surface area contributed by atoms with Crippen molar-refractivity contribution in [3.63, 3.8) is 0 Å². The summed E-state index contributed by atoms with van der Waals surface area (Å²) in [4.78, 5) is 9.95. The van der Waals surface area contributed by atoms with Gasteiger partial charge in [0.1, 0.15) is 0 Å². The highest BCUT2D eigenvalue weighted by Crippen LogP contribution is 2.32. The van der Waals surface area contributed by atoms with Crippen molar-refractivity contribution in [1.82, 2.24) is 4.72 Å². The Morgan fingerprint density at radius 2 is 2.10 bits per heavy atom. The van der Waals surface area contributed by atoms with Crippen LogP contribution in [0.3, 0.4) is 0 Å². The number of sulfonamides is 1. The third-order valence-electron chi connectivity index (χ3n) is 3.67. The molecule has 0 heterocycles. The van der Waals surface area contributed by atoms with Gasteiger partial charge in [-0.15, -0.1) is 0 Å². The van der Waals surface area contributed by atoms with Crippen molar-refractivity contribution in [3.8, 4) is 0 Å². The van der Waals surface area contributed by atoms with Gasteiger partial charge in [0, 0.05) is 18.2 Å². The van der Waals surface area contributed by atoms with Gasteiger partial charge < -0.3 is 5.11 Å². The maximum Gasteiger partial charge on any atom is 0.275 e. The molecule has 0 aromatic heterocycles. The second kappa shape index (κ2) is 5.53. The van der Waals surface area contributed by atoms with E-state index < -0.39 is 20.5 Å². The van der Waals surface area contributed by atoms with E-state index >= 15 is 0 Å². The van der Waals surface area contributed by atoms with Gasteiger partial charge in [0.2, 0.25) is 10.0 Å². The minimum Gasteiger partial charge on any atom is -0.389 e. The number of nitrogens with one attached hydrogen (secondary N) is 1. The van der Waals surface area contributed by atoms with E-state index in [4.69, 9.17) is 11.6 Å². The van der Waals surface area contributed by atoms with Crippen LogP contribution in [0, 0.1) is 17.0 Å². The lowest BCUT2D eigenvalue weighted by molar-refractivity contribution is -0.385. The van der Waals surface area contributed by atoms with Crippen LogP contribution >= 0.6 is 11.6 Å². The molecular formula is C12H15ClN2O5S. The molecule has 0 aliphatic heterocycles. The number of halogens is 1. The zero-order chi connectivity index (χ0) is 15.8. The van der Waals surface area contributed by atoms with Crippen molar-refractivity contribution >= 4 is 27.3 Å². The minimum atomic E-state index is -3.96. The van der Waals surface area contributed by atoms with Crippen LogP contribution in [0.1, 0.15) is 24.8 Å². The Hall–Kier alpha value is -1.22. The molecule has 21 heavy (non-hydrogen) atoms. The highest BCUT2D eigenvalue weighted by molar-refractivity contribution is 7.89. The molecule has 0 spiro atoms. The number of nitro benzene ring substituents is 1. The maximum absolute atomic E-state index is 12.2. The lowest BCUT2D eigenvalue weighted by Crippen LogP contribution is -2.47. The topological polar surface area (TPSA) is 110 Å². The first-order valence-electron chi connectivity index (χ1n) is 6.31. The summed E-state index contributed by atoms with van der Waals surface area (Å²) >= 11 is 5.85. The SMILES string of the molecule is Cc1c(Cl)cc(S(=O)(=O)NCC2(O)CCC2)cc1[N+](=O)[O-]. The summed E-state index contributed by atoms with van der Waals surface area (Å²) in [6.07, 6.45) is 1.91. The van der Waals surface area contributed by atoms with E-state index in [1.807, 2.05) is 0 Å². The Kier molecular flexibility index (Phi) is 4.25. The average molecular weight is 335 g/mol. The molecule has 1 aliphatic rings. The summed E-state index contributed by atoms with van der Waals surface area (Å²) in [5.74, 6) is 0. The monoisotopic (exact) mass is 334 g/mol. The molecule has 0 radical (unpaired) electrons. The molecule has 0 saturated heterocycles. The zero-order valence-electron chi connectivity index (χ0n) is 11.3. The van der Waals surface area contributed by atoms with Crippen LogP contribution in [0.2, 0.25) is 5.02 Å². The number of aliphatic hydroxyl groups is 1. The van der Waals surface area contributed by atoms with Crippen LogP contribution in [0.25, 0.3) is 0 Å². The van der Waals surface area contributed by atoms with Crippen LogP contribution in [-0.2, 0) is 10.0 Å². The molecule has 0 bridgehead atoms. The van der Waals surface area contributed by atoms with Crippen molar-refractivity contribution in [1.29, 1.82) is 0 Å². The fourth-order valence-corrected chi connectivity index (χ4v) is 3.50. The lowest BCUT2D eigenvalue weighted by atomic mass is 9.81. The van der Waals surface area contributed by atoms with Gasteiger partial charge in [0.15, 0.2) is 0 Å². The van der Waals surface area contributed by atoms with Crippen LogP contribution in [0.4, 0.5) is 5.69 Å². The smallest absolute Gasteiger partial charge is 0.275 e. The molecule has 0 amide bonds. The number of rotatable bonds is 5. The van der Waals surface area contributed by atoms with E-state index in [9.17, 15) is 23.6 Å². The number of hydrogen-bond donors (Lipinski definition) is 2. The second-order valence-electron chi connectivity index (χ2n) is 5.21. The van der Waals surface area contributed by atoms with Crippen molar-refractivity contribution in [2.45, 2.75) is 36.7 Å². The molecule has 1 aliphatic carbocycles. The Morgan fingerprint density at radius 1 is 1.48 bits per heavy atom. The maximum atomic E-state index is 12.2. The summed E-state index contributed by atoms with van der Waals surface area (Å²) in [6, 6.07) is 2.13. The molecule has 7 nitrogen and oxygen atoms in total. The molecule has 1 fully saturated rings. The number of benzene rings is 1. The largest absolute Gasteiger partial charge is 0.389 e. The first-order valence-corrected chi connectivity index (χ1v) is 8.17. The summed E-state index contributed by atoms with van der Waals surface area (Å²) < 4.78 is 26.6. The van der Waals surface area contributed by atoms with Gasteiger partial charge >= 0.3 is 0 Å². The molecule has 0 atom stereocenters. The van der Waals surface area contributed by atoms with E-state index in [1.54, 1.807) is 0 Å². The normalized spacial score (nSPS) is 17.3. The lowest BCUT2D eigenvalue weighted by Gasteiger charge is -2.36. The number of nitrogens with zero attached hydrogens (tertiary/aromatic N) is 1. The van der Waals surface area contributed by atoms with E-state index in [-0.39, 0.29) is 27.7 Å². The van der Waals surface area contributed by atoms with Crippen molar-refractivity contribution in [3.05, 3.63) is 32.8 Å². The van der Waals surface area contributed by atoms with Crippen LogP contribution < -0.4 is 4.72 Å². The third kappa shape index (κ3) is 3.34. The highest BCUT2D eigenvalue weighted by Gasteiger charge is 2.35. The minimum absolute atomic E-state index is 0.00642. The van der Waals surface area contributed by atoms with Gasteiger partial charge in [0.25, 0.3) is 5.69 Å². The number of nitro groups is 1. The third-order valence-corrected chi connectivity index (χ3v) is 5.45. The van der Waals surface area contributed by atoms with E-state index in [2.05, 4.69) is 4.72 Å². The fraction of sp³-hybridized carbons (Fsp3) is 0.500. The van der Waals surface area contributed by atoms with Gasteiger partial charge in [-0.1, -0.05) is 11.6 Å². The van der Waals surface area contributed by atoms with Crippen LogP contribution in [-0.4, -0.2) is 30.6 Å². The Morgan fingerprint density at radius 3 is 2.57 bits per heavy atom. The molecule has 1 aromatic carbocycles. The van der Waals surface area contributed by atoms with Gasteiger partial charge in [-0.3, -0.25) is 10.1 Å². The number of hydrogen-bond acceptors (Lipinski definition) is 5. The molecule has 9 heteroatoms. The van der Waals surface area contributed by atoms with E-state index in [1.165, 1.54) is 6.92 Å². The van der Waals surface area contributed by atoms with Crippen molar-refractivity contribution in [2.75, 3.05) is 6.54 Å². The Labute approximate surface area is 127 Å². The summed E-state index contributed by atoms with van der Waals surface area (Å²) in [7, 11) is -3.96. The molecule has 1 aromatic rings. The molecule has 116 valence electrons. The fourth-order valence-electron chi connectivity index (χ4n) is 2.06. The predicted molar refractivity (Wildman–Crippen MR) is 76.8 cm³/mol. The van der Waals surface area contributed by atoms with Gasteiger partial charge in [-0.05, 0) is 32.3 Å². The second-order valence-corrected chi connectivity index (χ2v) is 7.38. The summed E-state index contributed by atoms with van der Waals surface area (Å²) in [6.45, 7) is 1.33. The van der Waals surface area contributed by atoms with Crippen LogP contribution in [0.5, 0.6) is 0 Å². The Balaban J connectivity index is 2.29. The van der Waals surface area contributed by atoms with Crippen molar-refractivity contribution in [2.24, 2.45) is 0 Å². The molecule has 2 N–H and O–H groups in total. The first kappa shape index (κ1) is 16.2. The van der Waals surface area contributed by atoms with Gasteiger partial charge in [0.05, 0.1) is 20.4 Å². The summed E-state index contributed by atoms with van der Waals surface area (Å²) in [5, 5.41) is 20.8. The molecule has 1 saturated carbocycles. The molecule has 0 unspecified atom stereocenters. The standard InChI is InChI=1S/C12H15ClN2O5S/c1-8-10(13)5-9(6-11(8)15(17)18)21(19,20)14-7-12(16)3-2-4-12/h5-6,14,16H,2-4,7H2,1H3. The van der Waals surface area contributed by atoms with Crippen molar-refractivity contribution < 1.29 is 18.4 Å². The average Bonchev–Trinajstić information content (AvgIpc) is 2.36. The highest BCUT2D eigenvalue weighted by atomic mass is 35.5. The predicted octanol–water partition coefficient (Wildman–Crippen LogP) is 1.75. The van der Waals surface area contributed by atoms with E-state index in [0.29, 0.717) is 12.8 Å². The quantitative estimate of drug-likeness (QED) is 0.629. The van der Waals surface area contributed by atoms with E-state index in [0.717, 1.165) is 18.6 Å². The molecule has 2 rings (SSSR count). The van der Waals surface area contributed by atoms with Gasteiger partial charge in [-0.25, -0.2) is 13.1 Å².